The maximum absolute atomic E-state index is 6.01. The van der Waals surface area contributed by atoms with Crippen molar-refractivity contribution >= 4 is 5.69 Å². The largest absolute Gasteiger partial charge is 0.399 e. The molecule has 1 fully saturated rings. The molecule has 2 unspecified atom stereocenters. The van der Waals surface area contributed by atoms with Crippen LogP contribution in [0.5, 0.6) is 0 Å². The molecular formula is C16H24N2O. The average molecular weight is 260 g/mol. The highest BCUT2D eigenvalue weighted by molar-refractivity contribution is 5.47. The van der Waals surface area contributed by atoms with Crippen molar-refractivity contribution in [2.24, 2.45) is 0 Å². The second-order valence-corrected chi connectivity index (χ2v) is 6.63. The number of aryl methyl sites for hydroxylation is 1. The van der Waals surface area contributed by atoms with Crippen molar-refractivity contribution in [3.8, 4) is 0 Å². The van der Waals surface area contributed by atoms with Crippen molar-refractivity contribution in [2.45, 2.75) is 51.4 Å². The Morgan fingerprint density at radius 3 is 2.89 bits per heavy atom. The molecule has 0 saturated carbocycles. The first-order valence-corrected chi connectivity index (χ1v) is 7.25. The number of nitrogens with two attached hydrogens (primary N) is 1. The topological polar surface area (TPSA) is 38.5 Å². The fourth-order valence-corrected chi connectivity index (χ4v) is 3.73. The van der Waals surface area contributed by atoms with Gasteiger partial charge in [0.05, 0.1) is 11.7 Å². The van der Waals surface area contributed by atoms with Gasteiger partial charge in [-0.25, -0.2) is 0 Å². The summed E-state index contributed by atoms with van der Waals surface area (Å²) in [6, 6.07) is 6.94. The highest BCUT2D eigenvalue weighted by atomic mass is 16.5. The monoisotopic (exact) mass is 260 g/mol. The molecule has 1 aliphatic heterocycles. The van der Waals surface area contributed by atoms with Crippen LogP contribution >= 0.6 is 0 Å². The van der Waals surface area contributed by atoms with Gasteiger partial charge in [0.25, 0.3) is 0 Å². The number of anilines is 1. The molecule has 1 aromatic rings. The minimum Gasteiger partial charge on any atom is -0.399 e. The van der Waals surface area contributed by atoms with Crippen molar-refractivity contribution in [3.63, 3.8) is 0 Å². The van der Waals surface area contributed by atoms with Crippen LogP contribution in [-0.2, 0) is 11.2 Å². The van der Waals surface area contributed by atoms with Crippen LogP contribution in [0.4, 0.5) is 5.69 Å². The first-order valence-electron chi connectivity index (χ1n) is 7.25. The summed E-state index contributed by atoms with van der Waals surface area (Å²) in [4.78, 5) is 2.59. The van der Waals surface area contributed by atoms with Crippen molar-refractivity contribution in [2.75, 3.05) is 18.8 Å². The minimum atomic E-state index is -0.0474. The van der Waals surface area contributed by atoms with Gasteiger partial charge >= 0.3 is 0 Å². The predicted molar refractivity (Wildman–Crippen MR) is 78.1 cm³/mol. The standard InChI is InChI=1S/C16H24N2O/c1-11-9-18(10-16(2,3)19-11)15-7-4-12-8-13(17)5-6-14(12)15/h5-6,8,11,15H,4,7,9-10,17H2,1-3H3. The summed E-state index contributed by atoms with van der Waals surface area (Å²) in [5.41, 5.74) is 9.63. The maximum atomic E-state index is 6.01. The fraction of sp³-hybridized carbons (Fsp3) is 0.625. The number of fused-ring (bicyclic) bond motifs is 1. The highest BCUT2D eigenvalue weighted by Crippen LogP contribution is 2.39. The van der Waals surface area contributed by atoms with Gasteiger partial charge in [0.2, 0.25) is 0 Å². The zero-order valence-electron chi connectivity index (χ0n) is 12.1. The number of ether oxygens (including phenoxy) is 1. The lowest BCUT2D eigenvalue weighted by molar-refractivity contribution is -0.138. The Morgan fingerprint density at radius 1 is 1.37 bits per heavy atom. The normalized spacial score (nSPS) is 30.3. The molecule has 1 aliphatic carbocycles. The van der Waals surface area contributed by atoms with E-state index < -0.39 is 0 Å². The summed E-state index contributed by atoms with van der Waals surface area (Å²) in [5, 5.41) is 0. The third kappa shape index (κ3) is 2.49. The number of nitrogens with zero attached hydrogens (tertiary/aromatic N) is 1. The second-order valence-electron chi connectivity index (χ2n) is 6.63. The summed E-state index contributed by atoms with van der Waals surface area (Å²) in [5.74, 6) is 0. The molecule has 3 rings (SSSR count). The first-order chi connectivity index (χ1) is 8.94. The van der Waals surface area contributed by atoms with E-state index in [0.29, 0.717) is 12.1 Å². The number of hydrogen-bond donors (Lipinski definition) is 1. The number of hydrogen-bond acceptors (Lipinski definition) is 3. The van der Waals surface area contributed by atoms with Gasteiger partial charge in [-0.1, -0.05) is 6.07 Å². The quantitative estimate of drug-likeness (QED) is 0.789. The van der Waals surface area contributed by atoms with E-state index in [1.165, 1.54) is 17.5 Å². The Hall–Kier alpha value is -1.06. The Bertz CT molecular complexity index is 484. The third-order valence-corrected chi connectivity index (χ3v) is 4.25. The van der Waals surface area contributed by atoms with E-state index in [4.69, 9.17) is 10.5 Å². The highest BCUT2D eigenvalue weighted by Gasteiger charge is 2.37. The first kappa shape index (κ1) is 12.9. The predicted octanol–water partition coefficient (Wildman–Crippen LogP) is 2.76. The molecule has 1 heterocycles. The number of benzene rings is 1. The lowest BCUT2D eigenvalue weighted by Gasteiger charge is -2.44. The van der Waals surface area contributed by atoms with E-state index in [0.717, 1.165) is 25.2 Å². The van der Waals surface area contributed by atoms with E-state index in [2.05, 4.69) is 37.8 Å². The molecule has 0 amide bonds. The van der Waals surface area contributed by atoms with E-state index in [1.807, 2.05) is 6.07 Å². The lowest BCUT2D eigenvalue weighted by Crippen LogP contribution is -2.52. The van der Waals surface area contributed by atoms with Crippen LogP contribution in [0, 0.1) is 0 Å². The molecule has 19 heavy (non-hydrogen) atoms. The van der Waals surface area contributed by atoms with Crippen molar-refractivity contribution in [3.05, 3.63) is 29.3 Å². The van der Waals surface area contributed by atoms with E-state index >= 15 is 0 Å². The van der Waals surface area contributed by atoms with Crippen LogP contribution in [0.1, 0.15) is 44.4 Å². The van der Waals surface area contributed by atoms with Gasteiger partial charge in [0.15, 0.2) is 0 Å². The van der Waals surface area contributed by atoms with E-state index in [9.17, 15) is 0 Å². The Kier molecular flexibility index (Phi) is 3.06. The molecule has 104 valence electrons. The van der Waals surface area contributed by atoms with Gasteiger partial charge in [-0.05, 0) is 56.9 Å². The van der Waals surface area contributed by atoms with Crippen LogP contribution in [-0.4, -0.2) is 29.7 Å². The van der Waals surface area contributed by atoms with Crippen LogP contribution in [0.3, 0.4) is 0 Å². The molecule has 2 atom stereocenters. The molecule has 1 aromatic carbocycles. The zero-order valence-corrected chi connectivity index (χ0v) is 12.1. The summed E-state index contributed by atoms with van der Waals surface area (Å²) in [6.07, 6.45) is 2.67. The van der Waals surface area contributed by atoms with Gasteiger partial charge in [-0.15, -0.1) is 0 Å². The van der Waals surface area contributed by atoms with Crippen molar-refractivity contribution in [1.29, 1.82) is 0 Å². The molecule has 2 aliphatic rings. The number of morpholine rings is 1. The second kappa shape index (κ2) is 4.50. The number of nitrogen functional groups attached to an aromatic ring is 1. The molecule has 1 saturated heterocycles. The van der Waals surface area contributed by atoms with Crippen molar-refractivity contribution < 1.29 is 4.74 Å². The Morgan fingerprint density at radius 2 is 2.16 bits per heavy atom. The molecule has 3 heteroatoms. The molecule has 2 N–H and O–H groups in total. The zero-order chi connectivity index (χ0) is 13.6. The fourth-order valence-electron chi connectivity index (χ4n) is 3.73. The molecular weight excluding hydrogens is 236 g/mol. The van der Waals surface area contributed by atoms with Gasteiger partial charge < -0.3 is 10.5 Å². The maximum Gasteiger partial charge on any atom is 0.0757 e. The van der Waals surface area contributed by atoms with E-state index in [-0.39, 0.29) is 5.60 Å². The Labute approximate surface area is 115 Å². The lowest BCUT2D eigenvalue weighted by atomic mass is 10.0. The smallest absolute Gasteiger partial charge is 0.0757 e. The van der Waals surface area contributed by atoms with E-state index in [1.54, 1.807) is 0 Å². The summed E-state index contributed by atoms with van der Waals surface area (Å²) < 4.78 is 6.01. The Balaban J connectivity index is 1.85. The third-order valence-electron chi connectivity index (χ3n) is 4.25. The summed E-state index contributed by atoms with van der Waals surface area (Å²) in [7, 11) is 0. The summed E-state index contributed by atoms with van der Waals surface area (Å²) >= 11 is 0. The van der Waals surface area contributed by atoms with Crippen LogP contribution in [0.2, 0.25) is 0 Å². The van der Waals surface area contributed by atoms with Crippen molar-refractivity contribution in [1.82, 2.24) is 4.90 Å². The molecule has 0 bridgehead atoms. The van der Waals surface area contributed by atoms with Gasteiger partial charge in [0, 0.05) is 24.8 Å². The SMILES string of the molecule is CC1CN(C2CCc3cc(N)ccc32)CC(C)(C)O1. The van der Waals surface area contributed by atoms with Gasteiger partial charge in [-0.2, -0.15) is 0 Å². The molecule has 0 radical (unpaired) electrons. The van der Waals surface area contributed by atoms with Crippen LogP contribution in [0.25, 0.3) is 0 Å². The minimum absolute atomic E-state index is 0.0474. The van der Waals surface area contributed by atoms with Crippen LogP contribution < -0.4 is 5.73 Å². The summed E-state index contributed by atoms with van der Waals surface area (Å²) in [6.45, 7) is 8.58. The molecule has 0 aromatic heterocycles. The van der Waals surface area contributed by atoms with Gasteiger partial charge in [0.1, 0.15) is 0 Å². The molecule has 3 nitrogen and oxygen atoms in total. The van der Waals surface area contributed by atoms with Crippen LogP contribution in [0.15, 0.2) is 18.2 Å². The van der Waals surface area contributed by atoms with Gasteiger partial charge in [-0.3, -0.25) is 4.90 Å². The average Bonchev–Trinajstić information content (AvgIpc) is 2.68. The molecule has 0 spiro atoms. The number of rotatable bonds is 1.